The van der Waals surface area contributed by atoms with Gasteiger partial charge in [0.15, 0.2) is 0 Å². The van der Waals surface area contributed by atoms with Crippen LogP contribution in [-0.4, -0.2) is 6.61 Å². The highest BCUT2D eigenvalue weighted by atomic mass is 35.5. The summed E-state index contributed by atoms with van der Waals surface area (Å²) in [6.07, 6.45) is 1.50. The Balaban J connectivity index is 1.88. The van der Waals surface area contributed by atoms with Gasteiger partial charge in [0.1, 0.15) is 11.6 Å². The molecule has 2 aromatic rings. The third kappa shape index (κ3) is 2.89. The average molecular weight is 306 g/mol. The Morgan fingerprint density at radius 2 is 2.14 bits per heavy atom. The lowest BCUT2D eigenvalue weighted by Gasteiger charge is -2.16. The van der Waals surface area contributed by atoms with Crippen molar-refractivity contribution in [3.05, 3.63) is 63.4 Å². The molecule has 2 aromatic carbocycles. The van der Waals surface area contributed by atoms with Crippen LogP contribution in [0.5, 0.6) is 5.75 Å². The van der Waals surface area contributed by atoms with E-state index in [9.17, 15) is 4.39 Å². The fraction of sp³-hybridized carbons (Fsp3) is 0.294. The molecule has 0 saturated heterocycles. The molecular weight excluding hydrogens is 289 g/mol. The summed E-state index contributed by atoms with van der Waals surface area (Å²) in [6, 6.07) is 8.63. The van der Waals surface area contributed by atoms with E-state index in [0.29, 0.717) is 23.6 Å². The molecule has 0 spiro atoms. The summed E-state index contributed by atoms with van der Waals surface area (Å²) < 4.78 is 19.0. The van der Waals surface area contributed by atoms with Crippen molar-refractivity contribution in [3.63, 3.8) is 0 Å². The Kier molecular flexibility index (Phi) is 3.87. The maximum Gasteiger partial charge on any atom is 0.126 e. The van der Waals surface area contributed by atoms with Gasteiger partial charge in [-0.1, -0.05) is 23.7 Å². The van der Waals surface area contributed by atoms with Crippen LogP contribution in [0, 0.1) is 12.7 Å². The van der Waals surface area contributed by atoms with Crippen molar-refractivity contribution in [3.8, 4) is 5.75 Å². The smallest absolute Gasteiger partial charge is 0.126 e. The van der Waals surface area contributed by atoms with Crippen LogP contribution < -0.4 is 10.5 Å². The van der Waals surface area contributed by atoms with E-state index in [1.165, 1.54) is 6.07 Å². The predicted octanol–water partition coefficient (Wildman–Crippen LogP) is 3.96. The maximum atomic E-state index is 13.3. The second kappa shape index (κ2) is 5.66. The van der Waals surface area contributed by atoms with Crippen LogP contribution in [0.3, 0.4) is 0 Å². The fourth-order valence-corrected chi connectivity index (χ4v) is 3.01. The zero-order valence-electron chi connectivity index (χ0n) is 11.8. The van der Waals surface area contributed by atoms with Crippen molar-refractivity contribution in [1.29, 1.82) is 0 Å². The van der Waals surface area contributed by atoms with Gasteiger partial charge in [0, 0.05) is 17.5 Å². The van der Waals surface area contributed by atoms with Gasteiger partial charge in [-0.3, -0.25) is 0 Å². The van der Waals surface area contributed by atoms with Crippen LogP contribution in [-0.2, 0) is 12.8 Å². The molecule has 21 heavy (non-hydrogen) atoms. The van der Waals surface area contributed by atoms with E-state index >= 15 is 0 Å². The quantitative estimate of drug-likeness (QED) is 0.931. The van der Waals surface area contributed by atoms with Crippen LogP contribution in [0.15, 0.2) is 30.3 Å². The minimum atomic E-state index is -0.212. The number of halogens is 2. The van der Waals surface area contributed by atoms with Gasteiger partial charge in [-0.2, -0.15) is 0 Å². The molecule has 3 rings (SSSR count). The normalized spacial score (nSPS) is 14.7. The number of rotatable bonds is 3. The van der Waals surface area contributed by atoms with E-state index in [1.807, 2.05) is 12.1 Å². The predicted molar refractivity (Wildman–Crippen MR) is 82.4 cm³/mol. The summed E-state index contributed by atoms with van der Waals surface area (Å²) in [6.45, 7) is 2.43. The lowest BCUT2D eigenvalue weighted by atomic mass is 9.96. The standard InChI is InChI=1S/C17H17ClFNO/c1-10-6-11(2-3-15(10)19)16(20)9-13-8-14(18)7-12-4-5-21-17(12)13/h2-3,6-8,16H,4-5,9,20H2,1H3. The third-order valence-corrected chi connectivity index (χ3v) is 4.09. The lowest BCUT2D eigenvalue weighted by molar-refractivity contribution is 0.352. The van der Waals surface area contributed by atoms with Gasteiger partial charge >= 0.3 is 0 Å². The molecule has 1 unspecified atom stereocenters. The maximum absolute atomic E-state index is 13.3. The molecule has 0 amide bonds. The van der Waals surface area contributed by atoms with Crippen LogP contribution in [0.4, 0.5) is 4.39 Å². The zero-order chi connectivity index (χ0) is 15.0. The molecular formula is C17H17ClFNO. The Bertz CT molecular complexity index is 687. The third-order valence-electron chi connectivity index (χ3n) is 3.88. The largest absolute Gasteiger partial charge is 0.493 e. The van der Waals surface area contributed by atoms with E-state index in [-0.39, 0.29) is 11.9 Å². The molecule has 1 aliphatic rings. The molecule has 0 bridgehead atoms. The monoisotopic (exact) mass is 305 g/mol. The van der Waals surface area contributed by atoms with Crippen LogP contribution in [0.25, 0.3) is 0 Å². The van der Waals surface area contributed by atoms with Gasteiger partial charge < -0.3 is 10.5 Å². The zero-order valence-corrected chi connectivity index (χ0v) is 12.6. The van der Waals surface area contributed by atoms with Gasteiger partial charge in [0.05, 0.1) is 6.61 Å². The molecule has 0 fully saturated rings. The lowest BCUT2D eigenvalue weighted by Crippen LogP contribution is -2.14. The van der Waals surface area contributed by atoms with Crippen LogP contribution in [0.1, 0.15) is 28.3 Å². The van der Waals surface area contributed by atoms with Gasteiger partial charge in [0.2, 0.25) is 0 Å². The fourth-order valence-electron chi connectivity index (χ4n) is 2.75. The summed E-state index contributed by atoms with van der Waals surface area (Å²) in [7, 11) is 0. The van der Waals surface area contributed by atoms with Crippen molar-refractivity contribution >= 4 is 11.6 Å². The van der Waals surface area contributed by atoms with E-state index in [4.69, 9.17) is 22.1 Å². The molecule has 0 aliphatic carbocycles. The highest BCUT2D eigenvalue weighted by molar-refractivity contribution is 6.30. The number of hydrogen-bond acceptors (Lipinski definition) is 2. The van der Waals surface area contributed by atoms with Crippen molar-refractivity contribution in [1.82, 2.24) is 0 Å². The van der Waals surface area contributed by atoms with Gasteiger partial charge in [-0.25, -0.2) is 4.39 Å². The Labute approximate surface area is 128 Å². The average Bonchev–Trinajstić information content (AvgIpc) is 2.90. The molecule has 4 heteroatoms. The first-order valence-electron chi connectivity index (χ1n) is 7.00. The van der Waals surface area contributed by atoms with E-state index < -0.39 is 0 Å². The molecule has 2 N–H and O–H groups in total. The summed E-state index contributed by atoms with van der Waals surface area (Å²) in [5, 5.41) is 0.705. The number of fused-ring (bicyclic) bond motifs is 1. The van der Waals surface area contributed by atoms with Gasteiger partial charge in [-0.05, 0) is 53.8 Å². The number of hydrogen-bond donors (Lipinski definition) is 1. The highest BCUT2D eigenvalue weighted by Gasteiger charge is 2.20. The summed E-state index contributed by atoms with van der Waals surface area (Å²) in [5.74, 6) is 0.701. The number of nitrogens with two attached hydrogens (primary N) is 1. The Morgan fingerprint density at radius 3 is 2.90 bits per heavy atom. The Morgan fingerprint density at radius 1 is 1.33 bits per heavy atom. The molecule has 1 aliphatic heterocycles. The molecule has 2 nitrogen and oxygen atoms in total. The summed E-state index contributed by atoms with van der Waals surface area (Å²) >= 11 is 6.16. The number of ether oxygens (including phenoxy) is 1. The first kappa shape index (κ1) is 14.4. The first-order valence-corrected chi connectivity index (χ1v) is 7.38. The number of aryl methyl sites for hydroxylation is 1. The van der Waals surface area contributed by atoms with Gasteiger partial charge in [-0.15, -0.1) is 0 Å². The van der Waals surface area contributed by atoms with E-state index in [0.717, 1.165) is 28.9 Å². The molecule has 0 radical (unpaired) electrons. The second-order valence-corrected chi connectivity index (χ2v) is 5.91. The summed E-state index contributed by atoms with van der Waals surface area (Å²) in [4.78, 5) is 0. The van der Waals surface area contributed by atoms with Crippen molar-refractivity contribution < 1.29 is 9.13 Å². The van der Waals surface area contributed by atoms with E-state index in [1.54, 1.807) is 19.1 Å². The van der Waals surface area contributed by atoms with Crippen molar-refractivity contribution in [2.24, 2.45) is 5.73 Å². The van der Waals surface area contributed by atoms with Crippen LogP contribution >= 0.6 is 11.6 Å². The second-order valence-electron chi connectivity index (χ2n) is 5.47. The van der Waals surface area contributed by atoms with Crippen molar-refractivity contribution in [2.45, 2.75) is 25.8 Å². The molecule has 0 saturated carbocycles. The van der Waals surface area contributed by atoms with Crippen molar-refractivity contribution in [2.75, 3.05) is 6.61 Å². The van der Waals surface area contributed by atoms with E-state index in [2.05, 4.69) is 0 Å². The summed E-state index contributed by atoms with van der Waals surface area (Å²) in [5.41, 5.74) is 9.95. The molecule has 1 atom stereocenters. The molecule has 110 valence electrons. The SMILES string of the molecule is Cc1cc(C(N)Cc2cc(Cl)cc3c2OCC3)ccc1F. The molecule has 1 heterocycles. The topological polar surface area (TPSA) is 35.2 Å². The first-order chi connectivity index (χ1) is 10.0. The highest BCUT2D eigenvalue weighted by Crippen LogP contribution is 2.35. The minimum absolute atomic E-state index is 0.210. The number of benzene rings is 2. The minimum Gasteiger partial charge on any atom is -0.493 e. The van der Waals surface area contributed by atoms with Crippen LogP contribution in [0.2, 0.25) is 5.02 Å². The van der Waals surface area contributed by atoms with Gasteiger partial charge in [0.25, 0.3) is 0 Å². The Hall–Kier alpha value is -1.58. The molecule has 0 aromatic heterocycles.